The predicted molar refractivity (Wildman–Crippen MR) is 143 cm³/mol. The topological polar surface area (TPSA) is 102 Å². The molecule has 0 radical (unpaired) electrons. The van der Waals surface area contributed by atoms with Gasteiger partial charge in [0, 0.05) is 24.9 Å². The molecule has 0 saturated heterocycles. The number of anilines is 1. The number of alkyl halides is 1. The molecule has 10 heteroatoms. The van der Waals surface area contributed by atoms with Crippen LogP contribution in [0.4, 0.5) is 10.2 Å². The van der Waals surface area contributed by atoms with Gasteiger partial charge in [0.25, 0.3) is 0 Å². The molecular weight excluding hydrogens is 489 g/mol. The average molecular weight is 526 g/mol. The highest BCUT2D eigenvalue weighted by Gasteiger charge is 2.49. The lowest BCUT2D eigenvalue weighted by Crippen LogP contribution is -2.48. The molecule has 8 nitrogen and oxygen atoms in total. The Morgan fingerprint density at radius 3 is 2.65 bits per heavy atom. The van der Waals surface area contributed by atoms with Crippen molar-refractivity contribution < 1.29 is 18.7 Å². The van der Waals surface area contributed by atoms with E-state index in [9.17, 15) is 9.90 Å². The predicted octanol–water partition coefficient (Wildman–Crippen LogP) is 4.47. The summed E-state index contributed by atoms with van der Waals surface area (Å²) in [6, 6.07) is 10.8. The van der Waals surface area contributed by atoms with Crippen molar-refractivity contribution in [1.29, 1.82) is 0 Å². The summed E-state index contributed by atoms with van der Waals surface area (Å²) in [5.41, 5.74) is 1.54. The molecule has 0 bridgehead atoms. The SMILES string of the molecule is CC(C)(C)[Si](C)(C)O[C@@H]1[C@@H](CO)C[C@@H](Nc2ncncc2C(=O)c2ccn(Cc3ccccc3)n2)[C@H]1F. The van der Waals surface area contributed by atoms with Crippen LogP contribution in [0, 0.1) is 5.92 Å². The summed E-state index contributed by atoms with van der Waals surface area (Å²) < 4.78 is 23.8. The first-order chi connectivity index (χ1) is 17.5. The monoisotopic (exact) mass is 525 g/mol. The van der Waals surface area contributed by atoms with Gasteiger partial charge in [0.1, 0.15) is 24.0 Å². The second-order valence-corrected chi connectivity index (χ2v) is 16.0. The Morgan fingerprint density at radius 2 is 1.97 bits per heavy atom. The van der Waals surface area contributed by atoms with Crippen molar-refractivity contribution in [3.8, 4) is 0 Å². The number of carbonyl (C=O) groups is 1. The highest BCUT2D eigenvalue weighted by molar-refractivity contribution is 6.74. The number of carbonyl (C=O) groups excluding carboxylic acids is 1. The first-order valence-electron chi connectivity index (χ1n) is 12.6. The standard InChI is InChI=1S/C27H36FN5O3Si/c1-27(2,3)37(4,5)36-25-19(16-34)13-22(23(25)28)31-26-20(14-29-17-30-26)24(35)21-11-12-33(32-21)15-18-9-7-6-8-10-18/h6-12,14,17,19,22-23,25,34H,13,15-16H2,1-5H3,(H,29,30,31)/t19-,22-,23-,25-/m1/s1. The van der Waals surface area contributed by atoms with Gasteiger partial charge in [0.05, 0.1) is 24.3 Å². The molecule has 0 aliphatic heterocycles. The summed E-state index contributed by atoms with van der Waals surface area (Å²) in [6.07, 6.45) is 2.76. The third-order valence-corrected chi connectivity index (χ3v) is 12.0. The maximum atomic E-state index is 15.7. The fraction of sp³-hybridized carbons (Fsp3) is 0.481. The van der Waals surface area contributed by atoms with Crippen LogP contribution in [0.25, 0.3) is 0 Å². The minimum atomic E-state index is -2.26. The van der Waals surface area contributed by atoms with Crippen LogP contribution in [-0.4, -0.2) is 63.9 Å². The van der Waals surface area contributed by atoms with Gasteiger partial charge in [0.2, 0.25) is 5.78 Å². The van der Waals surface area contributed by atoms with Gasteiger partial charge in [-0.25, -0.2) is 14.4 Å². The van der Waals surface area contributed by atoms with Gasteiger partial charge in [-0.2, -0.15) is 5.10 Å². The quantitative estimate of drug-likeness (QED) is 0.314. The Hall–Kier alpha value is -2.95. The number of aromatic nitrogens is 4. The number of halogens is 1. The van der Waals surface area contributed by atoms with Crippen LogP contribution >= 0.6 is 0 Å². The smallest absolute Gasteiger partial charge is 0.218 e. The molecule has 2 aromatic heterocycles. The van der Waals surface area contributed by atoms with Gasteiger partial charge in [0.15, 0.2) is 8.32 Å². The van der Waals surface area contributed by atoms with Crippen LogP contribution in [0.5, 0.6) is 0 Å². The highest BCUT2D eigenvalue weighted by Crippen LogP contribution is 2.42. The Labute approximate surface area is 218 Å². The van der Waals surface area contributed by atoms with Crippen LogP contribution in [0.3, 0.4) is 0 Å². The number of hydrogen-bond donors (Lipinski definition) is 2. The van der Waals surface area contributed by atoms with Gasteiger partial charge in [-0.3, -0.25) is 9.48 Å². The summed E-state index contributed by atoms with van der Waals surface area (Å²) in [6.45, 7) is 10.8. The molecule has 0 spiro atoms. The van der Waals surface area contributed by atoms with E-state index >= 15 is 4.39 Å². The molecule has 1 fully saturated rings. The van der Waals surface area contributed by atoms with Crippen molar-refractivity contribution in [2.75, 3.05) is 11.9 Å². The molecule has 1 aliphatic carbocycles. The van der Waals surface area contributed by atoms with Crippen LogP contribution in [0.2, 0.25) is 18.1 Å². The molecule has 0 amide bonds. The van der Waals surface area contributed by atoms with Crippen molar-refractivity contribution in [3.63, 3.8) is 0 Å². The summed E-state index contributed by atoms with van der Waals surface area (Å²) >= 11 is 0. The number of aliphatic hydroxyl groups is 1. The van der Waals surface area contributed by atoms with Crippen molar-refractivity contribution in [1.82, 2.24) is 19.7 Å². The lowest BCUT2D eigenvalue weighted by atomic mass is 10.1. The molecule has 2 N–H and O–H groups in total. The zero-order valence-corrected chi connectivity index (χ0v) is 23.1. The van der Waals surface area contributed by atoms with Crippen molar-refractivity contribution in [2.45, 2.75) is 70.2 Å². The molecule has 37 heavy (non-hydrogen) atoms. The molecule has 2 heterocycles. The van der Waals surface area contributed by atoms with E-state index in [1.807, 2.05) is 30.3 Å². The van der Waals surface area contributed by atoms with Gasteiger partial charge < -0.3 is 14.8 Å². The van der Waals surface area contributed by atoms with E-state index in [0.717, 1.165) is 5.56 Å². The molecule has 1 saturated carbocycles. The van der Waals surface area contributed by atoms with E-state index < -0.39 is 26.6 Å². The van der Waals surface area contributed by atoms with Crippen LogP contribution in [0.15, 0.2) is 55.1 Å². The Balaban J connectivity index is 1.51. The molecule has 4 rings (SSSR count). The van der Waals surface area contributed by atoms with Crippen molar-refractivity contribution >= 4 is 19.9 Å². The van der Waals surface area contributed by atoms with Gasteiger partial charge in [-0.15, -0.1) is 0 Å². The maximum absolute atomic E-state index is 15.7. The van der Waals surface area contributed by atoms with E-state index in [4.69, 9.17) is 4.43 Å². The third-order valence-electron chi connectivity index (χ3n) is 7.53. The zero-order chi connectivity index (χ0) is 26.8. The van der Waals surface area contributed by atoms with Crippen LogP contribution < -0.4 is 5.32 Å². The second kappa shape index (κ2) is 10.8. The molecule has 4 atom stereocenters. The molecular formula is C27H36FN5O3Si. The van der Waals surface area contributed by atoms with E-state index in [-0.39, 0.29) is 40.4 Å². The number of ketones is 1. The first kappa shape index (κ1) is 27.1. The van der Waals surface area contributed by atoms with Gasteiger partial charge >= 0.3 is 0 Å². The van der Waals surface area contributed by atoms with Gasteiger partial charge in [-0.1, -0.05) is 51.1 Å². The summed E-state index contributed by atoms with van der Waals surface area (Å²) in [5.74, 6) is -0.456. The number of hydrogen-bond acceptors (Lipinski definition) is 7. The first-order valence-corrected chi connectivity index (χ1v) is 15.5. The van der Waals surface area contributed by atoms with E-state index in [1.54, 1.807) is 16.9 Å². The number of nitrogens with zero attached hydrogens (tertiary/aromatic N) is 4. The fourth-order valence-corrected chi connectivity index (χ4v) is 5.70. The number of nitrogens with one attached hydrogen (secondary N) is 1. The minimum absolute atomic E-state index is 0.0889. The van der Waals surface area contributed by atoms with Crippen molar-refractivity contribution in [3.05, 3.63) is 71.9 Å². The molecule has 3 aromatic rings. The summed E-state index contributed by atoms with van der Waals surface area (Å²) in [5, 5.41) is 17.4. The largest absolute Gasteiger partial charge is 0.411 e. The average Bonchev–Trinajstić information content (AvgIpc) is 3.44. The Bertz CT molecular complexity index is 1210. The lowest BCUT2D eigenvalue weighted by Gasteiger charge is -2.40. The Morgan fingerprint density at radius 1 is 1.24 bits per heavy atom. The summed E-state index contributed by atoms with van der Waals surface area (Å²) in [7, 11) is -2.26. The van der Waals surface area contributed by atoms with E-state index in [1.165, 1.54) is 12.5 Å². The second-order valence-electron chi connectivity index (χ2n) is 11.2. The molecule has 1 aliphatic rings. The highest BCUT2D eigenvalue weighted by atomic mass is 28.4. The normalized spacial score (nSPS) is 22.2. The lowest BCUT2D eigenvalue weighted by molar-refractivity contribution is 0.0530. The fourth-order valence-electron chi connectivity index (χ4n) is 4.34. The van der Waals surface area contributed by atoms with Crippen LogP contribution in [-0.2, 0) is 11.0 Å². The van der Waals surface area contributed by atoms with E-state index in [0.29, 0.717) is 13.0 Å². The maximum Gasteiger partial charge on any atom is 0.218 e. The Kier molecular flexibility index (Phi) is 7.91. The zero-order valence-electron chi connectivity index (χ0n) is 22.1. The van der Waals surface area contributed by atoms with E-state index in [2.05, 4.69) is 54.2 Å². The molecule has 0 unspecified atom stereocenters. The number of benzene rings is 1. The molecule has 1 aromatic carbocycles. The van der Waals surface area contributed by atoms with Gasteiger partial charge in [-0.05, 0) is 36.2 Å². The minimum Gasteiger partial charge on any atom is -0.411 e. The van der Waals surface area contributed by atoms with Crippen LogP contribution in [0.1, 0.15) is 48.8 Å². The molecule has 198 valence electrons. The van der Waals surface area contributed by atoms with Crippen molar-refractivity contribution in [2.24, 2.45) is 5.92 Å². The number of rotatable bonds is 9. The third kappa shape index (κ3) is 5.97. The summed E-state index contributed by atoms with van der Waals surface area (Å²) in [4.78, 5) is 21.6. The number of aliphatic hydroxyl groups excluding tert-OH is 1.